The van der Waals surface area contributed by atoms with Gasteiger partial charge in [0.1, 0.15) is 0 Å². The number of hydrogen-bond donors (Lipinski definition) is 0. The Balaban J connectivity index is 2.22. The van der Waals surface area contributed by atoms with Crippen LogP contribution in [0.1, 0.15) is 28.7 Å². The largest absolute Gasteiger partial charge is 0.0770 e. The molecule has 0 heteroatoms. The summed E-state index contributed by atoms with van der Waals surface area (Å²) < 4.78 is 0. The van der Waals surface area contributed by atoms with Crippen molar-refractivity contribution in [3.63, 3.8) is 0 Å². The van der Waals surface area contributed by atoms with Gasteiger partial charge in [0.15, 0.2) is 0 Å². The smallest absolute Gasteiger partial charge is 0.00302 e. The van der Waals surface area contributed by atoms with Crippen LogP contribution in [0, 0.1) is 19.8 Å². The van der Waals surface area contributed by atoms with E-state index in [4.69, 9.17) is 0 Å². The fourth-order valence-corrected chi connectivity index (χ4v) is 2.95. The lowest BCUT2D eigenvalue weighted by atomic mass is 9.79. The van der Waals surface area contributed by atoms with Crippen LogP contribution in [0.5, 0.6) is 0 Å². The van der Waals surface area contributed by atoms with E-state index in [1.165, 1.54) is 29.5 Å². The third kappa shape index (κ3) is 1.28. The van der Waals surface area contributed by atoms with Crippen molar-refractivity contribution in [2.24, 2.45) is 5.92 Å². The van der Waals surface area contributed by atoms with Crippen molar-refractivity contribution in [1.82, 2.24) is 0 Å². The molecule has 0 heterocycles. The number of aryl methyl sites for hydroxylation is 2. The van der Waals surface area contributed by atoms with Crippen LogP contribution in [0.15, 0.2) is 30.4 Å². The van der Waals surface area contributed by atoms with Crippen molar-refractivity contribution in [2.75, 3.05) is 0 Å². The second-order valence-corrected chi connectivity index (χ2v) is 4.76. The van der Waals surface area contributed by atoms with Gasteiger partial charge >= 0.3 is 0 Å². The molecule has 0 spiro atoms. The first-order valence-corrected chi connectivity index (χ1v) is 5.74. The van der Waals surface area contributed by atoms with Crippen molar-refractivity contribution in [3.05, 3.63) is 52.6 Å². The van der Waals surface area contributed by atoms with E-state index in [-0.39, 0.29) is 0 Å². The zero-order chi connectivity index (χ0) is 10.4. The molecule has 1 aromatic carbocycles. The SMILES string of the molecule is Cc1cc(C)c2c(c1)C1=CC=CC1CC2. The number of hydrogen-bond acceptors (Lipinski definition) is 0. The molecule has 0 saturated heterocycles. The molecule has 0 aliphatic heterocycles. The van der Waals surface area contributed by atoms with Crippen LogP contribution < -0.4 is 0 Å². The van der Waals surface area contributed by atoms with Crippen molar-refractivity contribution >= 4 is 5.57 Å². The zero-order valence-electron chi connectivity index (χ0n) is 9.38. The Morgan fingerprint density at radius 1 is 1.20 bits per heavy atom. The summed E-state index contributed by atoms with van der Waals surface area (Å²) in [5, 5.41) is 0. The number of fused-ring (bicyclic) bond motifs is 3. The molecule has 2 aliphatic carbocycles. The van der Waals surface area contributed by atoms with Crippen molar-refractivity contribution in [3.8, 4) is 0 Å². The molecule has 0 fully saturated rings. The molecule has 1 unspecified atom stereocenters. The molecule has 15 heavy (non-hydrogen) atoms. The van der Waals surface area contributed by atoms with Crippen molar-refractivity contribution < 1.29 is 0 Å². The number of benzene rings is 1. The van der Waals surface area contributed by atoms with E-state index in [1.54, 1.807) is 11.1 Å². The van der Waals surface area contributed by atoms with Gasteiger partial charge in [-0.2, -0.15) is 0 Å². The fourth-order valence-electron chi connectivity index (χ4n) is 2.95. The van der Waals surface area contributed by atoms with E-state index >= 15 is 0 Å². The highest BCUT2D eigenvalue weighted by molar-refractivity contribution is 5.77. The number of allylic oxidation sites excluding steroid dienone is 4. The highest BCUT2D eigenvalue weighted by Gasteiger charge is 2.24. The topological polar surface area (TPSA) is 0 Å². The average Bonchev–Trinajstić information content (AvgIpc) is 2.65. The molecule has 0 radical (unpaired) electrons. The van der Waals surface area contributed by atoms with Gasteiger partial charge in [-0.1, -0.05) is 35.9 Å². The maximum Gasteiger partial charge on any atom is 0.00302 e. The Kier molecular flexibility index (Phi) is 1.85. The van der Waals surface area contributed by atoms with Crippen LogP contribution in [0.4, 0.5) is 0 Å². The van der Waals surface area contributed by atoms with Gasteiger partial charge in [-0.15, -0.1) is 0 Å². The van der Waals surface area contributed by atoms with E-state index in [1.807, 2.05) is 0 Å². The Hall–Kier alpha value is -1.30. The molecule has 0 nitrogen and oxygen atoms in total. The molecule has 0 bridgehead atoms. The molecular weight excluding hydrogens is 180 g/mol. The monoisotopic (exact) mass is 196 g/mol. The van der Waals surface area contributed by atoms with E-state index in [9.17, 15) is 0 Å². The van der Waals surface area contributed by atoms with Crippen LogP contribution in [-0.2, 0) is 6.42 Å². The third-order valence-corrected chi connectivity index (χ3v) is 3.65. The normalized spacial score (nSPS) is 22.3. The standard InChI is InChI=1S/C15H16/c1-10-8-11(2)13-7-6-12-4-3-5-14(12)15(13)9-10/h3-5,8-9,12H,6-7H2,1-2H3. The molecule has 1 atom stereocenters. The summed E-state index contributed by atoms with van der Waals surface area (Å²) in [6, 6.07) is 4.66. The summed E-state index contributed by atoms with van der Waals surface area (Å²) in [5.41, 5.74) is 7.49. The molecule has 0 amide bonds. The summed E-state index contributed by atoms with van der Waals surface area (Å²) in [4.78, 5) is 0. The van der Waals surface area contributed by atoms with Crippen molar-refractivity contribution in [2.45, 2.75) is 26.7 Å². The molecule has 2 aliphatic rings. The van der Waals surface area contributed by atoms with Gasteiger partial charge in [0.25, 0.3) is 0 Å². The third-order valence-electron chi connectivity index (χ3n) is 3.65. The van der Waals surface area contributed by atoms with Crippen molar-refractivity contribution in [1.29, 1.82) is 0 Å². The first-order chi connectivity index (χ1) is 7.25. The fraction of sp³-hybridized carbons (Fsp3) is 0.333. The minimum absolute atomic E-state index is 0.693. The number of rotatable bonds is 0. The van der Waals surface area contributed by atoms with Crippen LogP contribution in [-0.4, -0.2) is 0 Å². The molecule has 0 aromatic heterocycles. The van der Waals surface area contributed by atoms with Crippen LogP contribution in [0.2, 0.25) is 0 Å². The summed E-state index contributed by atoms with van der Waals surface area (Å²) in [6.07, 6.45) is 9.39. The predicted octanol–water partition coefficient (Wildman–Crippen LogP) is 3.82. The van der Waals surface area contributed by atoms with Gasteiger partial charge in [-0.05, 0) is 49.0 Å². The van der Waals surface area contributed by atoms with Gasteiger partial charge < -0.3 is 0 Å². The first-order valence-electron chi connectivity index (χ1n) is 5.74. The summed E-state index contributed by atoms with van der Waals surface area (Å²) in [6.45, 7) is 4.44. The Labute approximate surface area is 91.3 Å². The average molecular weight is 196 g/mol. The molecule has 0 saturated carbocycles. The molecule has 0 N–H and O–H groups in total. The summed E-state index contributed by atoms with van der Waals surface area (Å²) >= 11 is 0. The lowest BCUT2D eigenvalue weighted by Gasteiger charge is -2.25. The summed E-state index contributed by atoms with van der Waals surface area (Å²) in [7, 11) is 0. The van der Waals surface area contributed by atoms with Gasteiger partial charge in [0.05, 0.1) is 0 Å². The molecule has 1 aromatic rings. The minimum atomic E-state index is 0.693. The molecule has 76 valence electrons. The second-order valence-electron chi connectivity index (χ2n) is 4.76. The van der Waals surface area contributed by atoms with Gasteiger partial charge in [0, 0.05) is 5.92 Å². The van der Waals surface area contributed by atoms with Gasteiger partial charge in [-0.25, -0.2) is 0 Å². The Morgan fingerprint density at radius 3 is 2.93 bits per heavy atom. The second kappa shape index (κ2) is 3.10. The Bertz CT molecular complexity index is 475. The van der Waals surface area contributed by atoms with Gasteiger partial charge in [0.2, 0.25) is 0 Å². The van der Waals surface area contributed by atoms with E-state index in [0.29, 0.717) is 5.92 Å². The molecular formula is C15H16. The quantitative estimate of drug-likeness (QED) is 0.591. The maximum atomic E-state index is 2.35. The first kappa shape index (κ1) is 8.96. The molecule has 3 rings (SSSR count). The maximum absolute atomic E-state index is 2.35. The lowest BCUT2D eigenvalue weighted by Crippen LogP contribution is -2.11. The Morgan fingerprint density at radius 2 is 2.07 bits per heavy atom. The zero-order valence-corrected chi connectivity index (χ0v) is 9.38. The lowest BCUT2D eigenvalue weighted by molar-refractivity contribution is 0.701. The van der Waals surface area contributed by atoms with E-state index in [2.05, 4.69) is 44.2 Å². The highest BCUT2D eigenvalue weighted by Crippen LogP contribution is 2.40. The van der Waals surface area contributed by atoms with Crippen LogP contribution in [0.3, 0.4) is 0 Å². The van der Waals surface area contributed by atoms with E-state index in [0.717, 1.165) is 0 Å². The van der Waals surface area contributed by atoms with Gasteiger partial charge in [-0.3, -0.25) is 0 Å². The van der Waals surface area contributed by atoms with Crippen LogP contribution in [0.25, 0.3) is 5.57 Å². The predicted molar refractivity (Wildman–Crippen MR) is 64.8 cm³/mol. The highest BCUT2D eigenvalue weighted by atomic mass is 14.3. The van der Waals surface area contributed by atoms with Crippen LogP contribution >= 0.6 is 0 Å². The minimum Gasteiger partial charge on any atom is -0.0770 e. The summed E-state index contributed by atoms with van der Waals surface area (Å²) in [5.74, 6) is 0.693. The van der Waals surface area contributed by atoms with E-state index < -0.39 is 0 Å².